The molecule has 190 valence electrons. The molecule has 0 N–H and O–H groups in total. The molecule has 1 aliphatic rings. The predicted molar refractivity (Wildman–Crippen MR) is 148 cm³/mol. The number of nitrogens with zero attached hydrogens (tertiary/aromatic N) is 2. The van der Waals surface area contributed by atoms with Gasteiger partial charge in [0.2, 0.25) is 5.91 Å². The highest BCUT2D eigenvalue weighted by molar-refractivity contribution is 6.30. The molecule has 5 nitrogen and oxygen atoms in total. The van der Waals surface area contributed by atoms with Gasteiger partial charge in [-0.05, 0) is 92.4 Å². The molecule has 0 aliphatic carbocycles. The fraction of sp³-hybridized carbons (Fsp3) is 0.367. The molecule has 1 amide bonds. The Morgan fingerprint density at radius 3 is 2.25 bits per heavy atom. The van der Waals surface area contributed by atoms with E-state index in [-0.39, 0.29) is 24.5 Å². The van der Waals surface area contributed by atoms with Gasteiger partial charge in [0.1, 0.15) is 0 Å². The first-order valence-corrected chi connectivity index (χ1v) is 13.1. The first-order valence-electron chi connectivity index (χ1n) is 12.7. The van der Waals surface area contributed by atoms with E-state index < -0.39 is 0 Å². The van der Waals surface area contributed by atoms with Crippen molar-refractivity contribution in [3.05, 3.63) is 82.4 Å². The lowest BCUT2D eigenvalue weighted by Gasteiger charge is -2.38. The van der Waals surface area contributed by atoms with Crippen molar-refractivity contribution >= 4 is 28.9 Å². The second-order valence-electron chi connectivity index (χ2n) is 9.12. The van der Waals surface area contributed by atoms with Crippen LogP contribution in [0, 0.1) is 0 Å². The van der Waals surface area contributed by atoms with E-state index in [4.69, 9.17) is 21.1 Å². The first kappa shape index (κ1) is 25.9. The molecule has 3 aromatic rings. The number of carbonyl (C=O) groups excluding carboxylic acids is 1. The van der Waals surface area contributed by atoms with E-state index in [1.807, 2.05) is 60.4 Å². The van der Waals surface area contributed by atoms with E-state index in [0.717, 1.165) is 47.6 Å². The van der Waals surface area contributed by atoms with Gasteiger partial charge in [-0.1, -0.05) is 30.7 Å². The summed E-state index contributed by atoms with van der Waals surface area (Å²) >= 11 is 6.22. The minimum absolute atomic E-state index is 0.0377. The van der Waals surface area contributed by atoms with Gasteiger partial charge >= 0.3 is 0 Å². The fourth-order valence-corrected chi connectivity index (χ4v) is 4.91. The number of methoxy groups -OCH3 is 1. The third-order valence-corrected chi connectivity index (χ3v) is 7.19. The van der Waals surface area contributed by atoms with Crippen LogP contribution in [0.2, 0.25) is 5.02 Å². The van der Waals surface area contributed by atoms with Crippen LogP contribution in [0.5, 0.6) is 11.5 Å². The van der Waals surface area contributed by atoms with Crippen LogP contribution in [0.4, 0.5) is 11.4 Å². The maximum absolute atomic E-state index is 13.7. The maximum atomic E-state index is 13.7. The highest BCUT2D eigenvalue weighted by Crippen LogP contribution is 2.44. The van der Waals surface area contributed by atoms with Gasteiger partial charge < -0.3 is 19.3 Å². The number of amides is 1. The summed E-state index contributed by atoms with van der Waals surface area (Å²) in [6.45, 7) is 10.3. The van der Waals surface area contributed by atoms with Crippen molar-refractivity contribution in [2.24, 2.45) is 0 Å². The van der Waals surface area contributed by atoms with Crippen LogP contribution < -0.4 is 19.3 Å². The average Bonchev–Trinajstić information content (AvgIpc) is 2.89. The first-order chi connectivity index (χ1) is 17.4. The van der Waals surface area contributed by atoms with E-state index in [1.165, 1.54) is 0 Å². The zero-order chi connectivity index (χ0) is 25.8. The van der Waals surface area contributed by atoms with Crippen molar-refractivity contribution in [3.8, 4) is 11.5 Å². The number of fused-ring (bicyclic) bond motifs is 1. The molecule has 0 radical (unpaired) electrons. The monoisotopic (exact) mass is 506 g/mol. The van der Waals surface area contributed by atoms with Crippen LogP contribution in [0.25, 0.3) is 0 Å². The molecule has 0 saturated heterocycles. The summed E-state index contributed by atoms with van der Waals surface area (Å²) in [6, 6.07) is 19.7. The van der Waals surface area contributed by atoms with E-state index >= 15 is 0 Å². The number of benzene rings is 3. The number of hydrogen-bond acceptors (Lipinski definition) is 4. The average molecular weight is 507 g/mol. The van der Waals surface area contributed by atoms with Gasteiger partial charge in [-0.25, -0.2) is 0 Å². The van der Waals surface area contributed by atoms with Gasteiger partial charge in [0.05, 0.1) is 25.7 Å². The standard InChI is InChI=1S/C30H35ClN2O3/c1-6-20(4)36-28-19-26-22(17-27(28)35-5)18-29(34)33(30(26)21-9-11-23(31)12-10-21)25-15-13-24(14-16-25)32(7-2)8-3/h9-17,19-20,30H,6-8,18H2,1-5H3/t20-,30?/m1/s1. The number of halogens is 1. The summed E-state index contributed by atoms with van der Waals surface area (Å²) in [7, 11) is 1.64. The number of rotatable bonds is 9. The quantitative estimate of drug-likeness (QED) is 0.312. The van der Waals surface area contributed by atoms with Crippen molar-refractivity contribution in [1.29, 1.82) is 0 Å². The lowest BCUT2D eigenvalue weighted by molar-refractivity contribution is -0.118. The van der Waals surface area contributed by atoms with Crippen molar-refractivity contribution in [3.63, 3.8) is 0 Å². The minimum Gasteiger partial charge on any atom is -0.493 e. The molecule has 1 heterocycles. The summed E-state index contributed by atoms with van der Waals surface area (Å²) in [4.78, 5) is 17.9. The summed E-state index contributed by atoms with van der Waals surface area (Å²) in [5.41, 5.74) is 4.97. The largest absolute Gasteiger partial charge is 0.493 e. The van der Waals surface area contributed by atoms with Gasteiger partial charge in [0.15, 0.2) is 11.5 Å². The molecule has 6 heteroatoms. The molecule has 1 unspecified atom stereocenters. The van der Waals surface area contributed by atoms with Gasteiger partial charge in [0, 0.05) is 29.5 Å². The van der Waals surface area contributed by atoms with Crippen molar-refractivity contribution in [2.45, 2.75) is 52.7 Å². The Labute approximate surface area is 219 Å². The SMILES string of the molecule is CC[C@@H](C)Oc1cc2c(cc1OC)CC(=O)N(c1ccc(N(CC)CC)cc1)C2c1ccc(Cl)cc1. The predicted octanol–water partition coefficient (Wildman–Crippen LogP) is 7.05. The van der Waals surface area contributed by atoms with Gasteiger partial charge in [-0.3, -0.25) is 4.79 Å². The highest BCUT2D eigenvalue weighted by Gasteiger charge is 2.36. The van der Waals surface area contributed by atoms with Crippen LogP contribution in [-0.2, 0) is 11.2 Å². The van der Waals surface area contributed by atoms with Crippen LogP contribution >= 0.6 is 11.6 Å². The van der Waals surface area contributed by atoms with Gasteiger partial charge in [0.25, 0.3) is 0 Å². The van der Waals surface area contributed by atoms with Crippen molar-refractivity contribution < 1.29 is 14.3 Å². The molecule has 0 saturated carbocycles. The molecule has 2 atom stereocenters. The number of hydrogen-bond donors (Lipinski definition) is 0. The Morgan fingerprint density at radius 2 is 1.67 bits per heavy atom. The molecular formula is C30H35ClN2O3. The molecule has 0 fully saturated rings. The third kappa shape index (κ3) is 5.17. The molecular weight excluding hydrogens is 472 g/mol. The number of anilines is 2. The molecule has 36 heavy (non-hydrogen) atoms. The van der Waals surface area contributed by atoms with E-state index in [0.29, 0.717) is 16.5 Å². The summed E-state index contributed by atoms with van der Waals surface area (Å²) < 4.78 is 11.9. The molecule has 0 spiro atoms. The van der Waals surface area contributed by atoms with Gasteiger partial charge in [-0.15, -0.1) is 0 Å². The zero-order valence-corrected chi connectivity index (χ0v) is 22.5. The van der Waals surface area contributed by atoms with Crippen LogP contribution in [-0.4, -0.2) is 32.2 Å². The van der Waals surface area contributed by atoms with Crippen LogP contribution in [0.15, 0.2) is 60.7 Å². The molecule has 0 aromatic heterocycles. The Kier molecular flexibility index (Phi) is 8.10. The Balaban J connectivity index is 1.85. The number of carbonyl (C=O) groups is 1. The fourth-order valence-electron chi connectivity index (χ4n) is 4.79. The second kappa shape index (κ2) is 11.3. The van der Waals surface area contributed by atoms with E-state index in [1.54, 1.807) is 7.11 Å². The second-order valence-corrected chi connectivity index (χ2v) is 9.56. The summed E-state index contributed by atoms with van der Waals surface area (Å²) in [5, 5.41) is 0.659. The molecule has 1 aliphatic heterocycles. The summed E-state index contributed by atoms with van der Waals surface area (Å²) in [5.74, 6) is 1.38. The Bertz CT molecular complexity index is 1190. The molecule has 0 bridgehead atoms. The van der Waals surface area contributed by atoms with Crippen LogP contribution in [0.1, 0.15) is 56.8 Å². The third-order valence-electron chi connectivity index (χ3n) is 6.93. The maximum Gasteiger partial charge on any atom is 0.232 e. The normalized spacial score (nSPS) is 15.9. The molecule has 4 rings (SSSR count). The lowest BCUT2D eigenvalue weighted by atomic mass is 9.86. The Morgan fingerprint density at radius 1 is 1.00 bits per heavy atom. The smallest absolute Gasteiger partial charge is 0.232 e. The van der Waals surface area contributed by atoms with Crippen molar-refractivity contribution in [2.75, 3.05) is 30.0 Å². The van der Waals surface area contributed by atoms with Gasteiger partial charge in [-0.2, -0.15) is 0 Å². The van der Waals surface area contributed by atoms with E-state index in [2.05, 4.69) is 37.8 Å². The lowest BCUT2D eigenvalue weighted by Crippen LogP contribution is -2.41. The van der Waals surface area contributed by atoms with Crippen molar-refractivity contribution in [1.82, 2.24) is 0 Å². The minimum atomic E-state index is -0.317. The van der Waals surface area contributed by atoms with Crippen LogP contribution in [0.3, 0.4) is 0 Å². The summed E-state index contributed by atoms with van der Waals surface area (Å²) in [6.07, 6.45) is 1.21. The zero-order valence-electron chi connectivity index (χ0n) is 21.8. The van der Waals surface area contributed by atoms with E-state index in [9.17, 15) is 4.79 Å². The number of ether oxygens (including phenoxy) is 2. The Hall–Kier alpha value is -3.18. The highest BCUT2D eigenvalue weighted by atomic mass is 35.5. The molecule has 3 aromatic carbocycles. The topological polar surface area (TPSA) is 42.0 Å².